The number of rotatable bonds is 3. The Labute approximate surface area is 123 Å². The number of hydrogen-bond acceptors (Lipinski definition) is 1. The topological polar surface area (TPSA) is 29.1 Å². The summed E-state index contributed by atoms with van der Waals surface area (Å²) in [6, 6.07) is 15.4. The predicted molar refractivity (Wildman–Crippen MR) is 90.9 cm³/mol. The van der Waals surface area contributed by atoms with Crippen molar-refractivity contribution in [1.82, 2.24) is 0 Å². The lowest BCUT2D eigenvalue weighted by Crippen LogP contribution is -2.14. The zero-order valence-corrected chi connectivity index (χ0v) is 13.5. The molecule has 1 N–H and O–H groups in total. The highest BCUT2D eigenvalue weighted by molar-refractivity contribution is 8.01. The smallest absolute Gasteiger partial charge is 0.0741 e. The number of nitrogens with one attached hydrogen (secondary N) is 1. The third-order valence-electron chi connectivity index (χ3n) is 2.87. The summed E-state index contributed by atoms with van der Waals surface area (Å²) in [6.45, 7) is 7.93. The van der Waals surface area contributed by atoms with Crippen molar-refractivity contribution in [3.8, 4) is 0 Å². The van der Waals surface area contributed by atoms with E-state index in [0.29, 0.717) is 0 Å². The van der Waals surface area contributed by atoms with Crippen molar-refractivity contribution in [2.75, 3.05) is 4.72 Å². The molecule has 0 fully saturated rings. The minimum Gasteiger partial charge on any atom is -0.309 e. The molecule has 0 heterocycles. The molecule has 1 unspecified atom stereocenters. The Bertz CT molecular complexity index is 660. The number of aryl methyl sites for hydroxylation is 2. The van der Waals surface area contributed by atoms with Crippen molar-refractivity contribution in [2.24, 2.45) is 0 Å². The predicted octanol–water partition coefficient (Wildman–Crippen LogP) is 4.43. The summed E-state index contributed by atoms with van der Waals surface area (Å²) in [5, 5.41) is 0. The first kappa shape index (κ1) is 16.3. The summed E-state index contributed by atoms with van der Waals surface area (Å²) in [5.41, 5.74) is 2.90. The summed E-state index contributed by atoms with van der Waals surface area (Å²) >= 11 is 0. The van der Waals surface area contributed by atoms with Crippen molar-refractivity contribution >= 4 is 21.3 Å². The van der Waals surface area contributed by atoms with E-state index in [-0.39, 0.29) is 0 Å². The highest BCUT2D eigenvalue weighted by Gasteiger charge is 2.10. The van der Waals surface area contributed by atoms with Crippen LogP contribution in [0.25, 0.3) is 0 Å². The van der Waals surface area contributed by atoms with Gasteiger partial charge < -0.3 is 4.72 Å². The van der Waals surface area contributed by atoms with Crippen LogP contribution in [0.1, 0.15) is 25.0 Å². The molecule has 0 radical (unpaired) electrons. The lowest BCUT2D eigenvalue weighted by molar-refractivity contribution is 0.684. The lowest BCUT2D eigenvalue weighted by Gasteiger charge is -2.16. The molecule has 2 aromatic carbocycles. The molecule has 0 aromatic heterocycles. The van der Waals surface area contributed by atoms with E-state index in [4.69, 9.17) is 0 Å². The van der Waals surface area contributed by atoms with Crippen LogP contribution in [0.4, 0.5) is 5.69 Å². The van der Waals surface area contributed by atoms with Crippen LogP contribution in [0.15, 0.2) is 53.4 Å². The van der Waals surface area contributed by atoms with Gasteiger partial charge in [-0.05, 0) is 43.0 Å². The second-order valence-corrected chi connectivity index (χ2v) is 6.35. The summed E-state index contributed by atoms with van der Waals surface area (Å²) in [5.74, 6) is 3.85. The molecule has 2 nitrogen and oxygen atoms in total. The molecule has 0 amide bonds. The van der Waals surface area contributed by atoms with Crippen LogP contribution in [0, 0.1) is 13.8 Å². The van der Waals surface area contributed by atoms with Gasteiger partial charge in [0.2, 0.25) is 0 Å². The lowest BCUT2D eigenvalue weighted by atomic mass is 10.2. The van der Waals surface area contributed by atoms with Gasteiger partial charge in [-0.25, -0.2) is 4.21 Å². The Balaban J connectivity index is 0.000000956. The van der Waals surface area contributed by atoms with E-state index >= 15 is 0 Å². The van der Waals surface area contributed by atoms with E-state index in [9.17, 15) is 4.21 Å². The molecule has 0 saturated carbocycles. The number of anilines is 1. The molecule has 0 saturated heterocycles. The fourth-order valence-electron chi connectivity index (χ4n) is 1.85. The van der Waals surface area contributed by atoms with Gasteiger partial charge in [-0.3, -0.25) is 0 Å². The van der Waals surface area contributed by atoms with Crippen LogP contribution in [0.2, 0.25) is 0 Å². The summed E-state index contributed by atoms with van der Waals surface area (Å²) < 4.78 is 15.8. The average molecular weight is 289 g/mol. The van der Waals surface area contributed by atoms with Crippen molar-refractivity contribution < 1.29 is 4.21 Å². The molecule has 20 heavy (non-hydrogen) atoms. The van der Waals surface area contributed by atoms with E-state index in [1.54, 1.807) is 0 Å². The minimum atomic E-state index is -2.52. The molecule has 0 bridgehead atoms. The number of hydrogen-bond donors (Lipinski definition) is 1. The quantitative estimate of drug-likeness (QED) is 0.832. The van der Waals surface area contributed by atoms with Crippen LogP contribution in [-0.4, -0.2) is 10.1 Å². The first-order valence-corrected chi connectivity index (χ1v) is 8.50. The zero-order chi connectivity index (χ0) is 15.2. The average Bonchev–Trinajstić information content (AvgIpc) is 2.44. The van der Waals surface area contributed by atoms with Crippen LogP contribution in [0.3, 0.4) is 0 Å². The van der Waals surface area contributed by atoms with Crippen molar-refractivity contribution in [3.05, 3.63) is 59.7 Å². The number of benzene rings is 2. The molecule has 0 spiro atoms. The third-order valence-corrected chi connectivity index (χ3v) is 4.59. The monoisotopic (exact) mass is 289 g/mol. The molecule has 108 valence electrons. The molecule has 1 atom stereocenters. The van der Waals surface area contributed by atoms with Crippen LogP contribution >= 0.6 is 0 Å². The maximum absolute atomic E-state index is 12.7. The Morgan fingerprint density at radius 2 is 1.40 bits per heavy atom. The summed E-state index contributed by atoms with van der Waals surface area (Å²) in [7, 11) is -2.52. The van der Waals surface area contributed by atoms with Crippen LogP contribution < -0.4 is 4.72 Å². The summed E-state index contributed by atoms with van der Waals surface area (Å²) in [4.78, 5) is 0.758. The second kappa shape index (κ2) is 7.15. The maximum atomic E-state index is 12.7. The highest BCUT2D eigenvalue weighted by Crippen LogP contribution is 2.21. The van der Waals surface area contributed by atoms with Gasteiger partial charge in [0.15, 0.2) is 0 Å². The molecule has 2 rings (SSSR count). The van der Waals surface area contributed by atoms with Gasteiger partial charge in [0.25, 0.3) is 0 Å². The summed E-state index contributed by atoms with van der Waals surface area (Å²) in [6.07, 6.45) is 0. The van der Waals surface area contributed by atoms with E-state index in [2.05, 4.69) is 10.6 Å². The van der Waals surface area contributed by atoms with Crippen LogP contribution in [0.5, 0.6) is 0 Å². The Hall–Kier alpha value is -1.74. The first-order chi connectivity index (χ1) is 9.50. The standard InChI is InChI=1S/C15H17NOS.C2H6/c1-12-8-4-6-10-14(12)16-18(3,17)15-11-7-5-9-13(15)2;1-2/h4-11H,3H2,1-2H3,(H,16,17);1-2H3. The molecule has 0 aliphatic carbocycles. The van der Waals surface area contributed by atoms with Gasteiger partial charge in [0, 0.05) is 5.69 Å². The molecule has 3 heteroatoms. The van der Waals surface area contributed by atoms with Gasteiger partial charge in [0.05, 0.1) is 14.6 Å². The molecule has 0 aliphatic heterocycles. The Morgan fingerprint density at radius 1 is 0.900 bits per heavy atom. The van der Waals surface area contributed by atoms with Crippen molar-refractivity contribution in [3.63, 3.8) is 0 Å². The fourth-order valence-corrected chi connectivity index (χ4v) is 3.43. The highest BCUT2D eigenvalue weighted by atomic mass is 32.2. The van der Waals surface area contributed by atoms with Crippen LogP contribution in [-0.2, 0) is 9.71 Å². The Kier molecular flexibility index (Phi) is 5.83. The number of para-hydroxylation sites is 1. The molecule has 0 aliphatic rings. The van der Waals surface area contributed by atoms with Crippen molar-refractivity contribution in [1.29, 1.82) is 0 Å². The molecule has 2 aromatic rings. The normalized spacial score (nSPS) is 12.8. The van der Waals surface area contributed by atoms with Gasteiger partial charge in [-0.2, -0.15) is 0 Å². The van der Waals surface area contributed by atoms with E-state index in [1.165, 1.54) is 0 Å². The van der Waals surface area contributed by atoms with Gasteiger partial charge in [0.1, 0.15) is 0 Å². The molecular weight excluding hydrogens is 266 g/mol. The third kappa shape index (κ3) is 3.87. The largest absolute Gasteiger partial charge is 0.309 e. The maximum Gasteiger partial charge on any atom is 0.0741 e. The van der Waals surface area contributed by atoms with Gasteiger partial charge in [-0.1, -0.05) is 50.2 Å². The SMILES string of the molecule is C=S(=O)(Nc1ccccc1C)c1ccccc1C.CC. The minimum absolute atomic E-state index is 0.758. The molecular formula is C17H23NOS. The van der Waals surface area contributed by atoms with Gasteiger partial charge >= 0.3 is 0 Å². The van der Waals surface area contributed by atoms with E-state index < -0.39 is 9.71 Å². The second-order valence-electron chi connectivity index (χ2n) is 4.36. The zero-order valence-electron chi connectivity index (χ0n) is 12.6. The first-order valence-electron chi connectivity index (χ1n) is 6.77. The van der Waals surface area contributed by atoms with Crippen molar-refractivity contribution in [2.45, 2.75) is 32.6 Å². The fraction of sp³-hybridized carbons (Fsp3) is 0.235. The van der Waals surface area contributed by atoms with E-state index in [0.717, 1.165) is 21.7 Å². The van der Waals surface area contributed by atoms with Gasteiger partial charge in [-0.15, -0.1) is 0 Å². The Morgan fingerprint density at radius 3 is 1.95 bits per heavy atom. The van der Waals surface area contributed by atoms with E-state index in [1.807, 2.05) is 76.2 Å².